The lowest BCUT2D eigenvalue weighted by molar-refractivity contribution is -0.123. The third-order valence-electron chi connectivity index (χ3n) is 3.17. The van der Waals surface area contributed by atoms with E-state index in [9.17, 15) is 31.1 Å². The average Bonchev–Trinajstić information content (AvgIpc) is 2.54. The van der Waals surface area contributed by atoms with Gasteiger partial charge in [-0.15, -0.1) is 0 Å². The molecule has 0 aliphatic carbocycles. The molecule has 0 saturated carbocycles. The smallest absolute Gasteiger partial charge is 0.381 e. The van der Waals surface area contributed by atoms with Crippen molar-refractivity contribution in [1.29, 1.82) is 0 Å². The van der Waals surface area contributed by atoms with Gasteiger partial charge in [0.15, 0.2) is 11.6 Å². The summed E-state index contributed by atoms with van der Waals surface area (Å²) in [6.45, 7) is -1.59. The second-order valence-electron chi connectivity index (χ2n) is 5.09. The van der Waals surface area contributed by atoms with E-state index in [2.05, 4.69) is 5.32 Å². The van der Waals surface area contributed by atoms with Crippen LogP contribution in [-0.4, -0.2) is 18.6 Å². The molecule has 2 aromatic carbocycles. The molecular formula is C16H12F6N2O. The molecule has 9 heteroatoms. The molecule has 134 valence electrons. The largest absolute Gasteiger partial charge is 0.405 e. The number of benzene rings is 2. The number of rotatable bonds is 5. The molecule has 0 unspecified atom stereocenters. The standard InChI is InChI=1S/C16H12F6N2O/c17-12-6-14(19)13(18)5-10(12)7-23-11-3-1-9(2-4-11)15(25)24-8-16(20,21)22/h1-6,23H,7-8H2,(H,24,25). The summed E-state index contributed by atoms with van der Waals surface area (Å²) in [5.74, 6) is -4.30. The third kappa shape index (κ3) is 5.40. The molecule has 2 rings (SSSR count). The number of hydrogen-bond donors (Lipinski definition) is 2. The first-order valence-electron chi connectivity index (χ1n) is 6.98. The van der Waals surface area contributed by atoms with Crippen LogP contribution in [0.2, 0.25) is 0 Å². The number of carbonyl (C=O) groups is 1. The zero-order valence-electron chi connectivity index (χ0n) is 12.6. The molecule has 0 radical (unpaired) electrons. The summed E-state index contributed by atoms with van der Waals surface area (Å²) in [5, 5.41) is 4.45. The zero-order chi connectivity index (χ0) is 18.6. The number of anilines is 1. The molecule has 2 N–H and O–H groups in total. The highest BCUT2D eigenvalue weighted by Gasteiger charge is 2.27. The van der Waals surface area contributed by atoms with Gasteiger partial charge in [0.05, 0.1) is 0 Å². The van der Waals surface area contributed by atoms with E-state index in [4.69, 9.17) is 0 Å². The van der Waals surface area contributed by atoms with Crippen molar-refractivity contribution in [1.82, 2.24) is 5.32 Å². The first-order valence-corrected chi connectivity index (χ1v) is 6.98. The molecule has 3 nitrogen and oxygen atoms in total. The summed E-state index contributed by atoms with van der Waals surface area (Å²) in [6, 6.07) is 6.48. The molecule has 0 spiro atoms. The van der Waals surface area contributed by atoms with E-state index >= 15 is 0 Å². The van der Waals surface area contributed by atoms with Gasteiger partial charge in [0.25, 0.3) is 5.91 Å². The summed E-state index contributed by atoms with van der Waals surface area (Å²) in [7, 11) is 0. The Kier molecular flexibility index (Phi) is 5.55. The number of nitrogens with one attached hydrogen (secondary N) is 2. The summed E-state index contributed by atoms with van der Waals surface area (Å²) in [6.07, 6.45) is -4.51. The van der Waals surface area contributed by atoms with Crippen LogP contribution in [0.15, 0.2) is 36.4 Å². The van der Waals surface area contributed by atoms with Gasteiger partial charge in [-0.05, 0) is 30.3 Å². The van der Waals surface area contributed by atoms with Crippen molar-refractivity contribution in [2.24, 2.45) is 0 Å². The molecule has 0 atom stereocenters. The first-order chi connectivity index (χ1) is 11.7. The highest BCUT2D eigenvalue weighted by Crippen LogP contribution is 2.17. The van der Waals surface area contributed by atoms with Crippen molar-refractivity contribution in [3.8, 4) is 0 Å². The lowest BCUT2D eigenvalue weighted by Gasteiger charge is -2.10. The average molecular weight is 362 g/mol. The maximum Gasteiger partial charge on any atom is 0.405 e. The van der Waals surface area contributed by atoms with E-state index in [1.165, 1.54) is 24.3 Å². The van der Waals surface area contributed by atoms with Gasteiger partial charge >= 0.3 is 6.18 Å². The van der Waals surface area contributed by atoms with E-state index in [0.717, 1.165) is 6.07 Å². The number of amides is 1. The molecule has 1 amide bonds. The summed E-state index contributed by atoms with van der Waals surface area (Å²) >= 11 is 0. The molecular weight excluding hydrogens is 350 g/mol. The quantitative estimate of drug-likeness (QED) is 0.623. The lowest BCUT2D eigenvalue weighted by Crippen LogP contribution is -2.33. The molecule has 0 aliphatic heterocycles. The number of alkyl halides is 3. The van der Waals surface area contributed by atoms with Gasteiger partial charge in [-0.2, -0.15) is 13.2 Å². The van der Waals surface area contributed by atoms with E-state index in [1.807, 2.05) is 0 Å². The van der Waals surface area contributed by atoms with E-state index < -0.39 is 36.1 Å². The monoisotopic (exact) mass is 362 g/mol. The Hall–Kier alpha value is -2.71. The minimum absolute atomic E-state index is 0.00815. The highest BCUT2D eigenvalue weighted by molar-refractivity contribution is 5.94. The van der Waals surface area contributed by atoms with Crippen LogP contribution in [0.4, 0.5) is 32.0 Å². The Balaban J connectivity index is 1.97. The maximum atomic E-state index is 13.5. The Bertz CT molecular complexity index is 758. The second-order valence-corrected chi connectivity index (χ2v) is 5.09. The zero-order valence-corrected chi connectivity index (χ0v) is 12.6. The summed E-state index contributed by atoms with van der Waals surface area (Å²) in [4.78, 5) is 11.5. The fourth-order valence-electron chi connectivity index (χ4n) is 1.92. The van der Waals surface area contributed by atoms with Crippen LogP contribution >= 0.6 is 0 Å². The SMILES string of the molecule is O=C(NCC(F)(F)F)c1ccc(NCc2cc(F)c(F)cc2F)cc1. The van der Waals surface area contributed by atoms with Gasteiger partial charge in [-0.25, -0.2) is 13.2 Å². The van der Waals surface area contributed by atoms with Gasteiger partial charge in [0.2, 0.25) is 0 Å². The van der Waals surface area contributed by atoms with Gasteiger partial charge in [0, 0.05) is 29.4 Å². The normalized spacial score (nSPS) is 11.3. The maximum absolute atomic E-state index is 13.5. The predicted octanol–water partition coefficient (Wildman–Crippen LogP) is 4.01. The van der Waals surface area contributed by atoms with Crippen molar-refractivity contribution < 1.29 is 31.1 Å². The van der Waals surface area contributed by atoms with Crippen LogP contribution in [-0.2, 0) is 6.54 Å². The molecule has 25 heavy (non-hydrogen) atoms. The predicted molar refractivity (Wildman–Crippen MR) is 78.5 cm³/mol. The fraction of sp³-hybridized carbons (Fsp3) is 0.188. The van der Waals surface area contributed by atoms with Crippen molar-refractivity contribution >= 4 is 11.6 Å². The van der Waals surface area contributed by atoms with Crippen molar-refractivity contribution in [3.05, 3.63) is 65.0 Å². The van der Waals surface area contributed by atoms with Crippen LogP contribution in [0.1, 0.15) is 15.9 Å². The van der Waals surface area contributed by atoms with Crippen LogP contribution in [0.25, 0.3) is 0 Å². The van der Waals surface area contributed by atoms with Crippen molar-refractivity contribution in [2.45, 2.75) is 12.7 Å². The Labute approximate surface area is 138 Å². The fourth-order valence-corrected chi connectivity index (χ4v) is 1.92. The third-order valence-corrected chi connectivity index (χ3v) is 3.17. The minimum atomic E-state index is -4.51. The van der Waals surface area contributed by atoms with Crippen molar-refractivity contribution in [3.63, 3.8) is 0 Å². The number of halogens is 6. The number of carbonyl (C=O) groups excluding carboxylic acids is 1. The molecule has 0 saturated heterocycles. The Morgan fingerprint density at radius 1 is 0.920 bits per heavy atom. The van der Waals surface area contributed by atoms with Gasteiger partial charge < -0.3 is 10.6 Å². The summed E-state index contributed by atoms with van der Waals surface area (Å²) < 4.78 is 75.5. The molecule has 0 bridgehead atoms. The number of hydrogen-bond acceptors (Lipinski definition) is 2. The molecule has 0 aliphatic rings. The van der Waals surface area contributed by atoms with Crippen LogP contribution in [0, 0.1) is 17.5 Å². The lowest BCUT2D eigenvalue weighted by atomic mass is 10.1. The second kappa shape index (κ2) is 7.45. The highest BCUT2D eigenvalue weighted by atomic mass is 19.4. The van der Waals surface area contributed by atoms with Crippen LogP contribution in [0.3, 0.4) is 0 Å². The first kappa shape index (κ1) is 18.6. The van der Waals surface area contributed by atoms with E-state index in [0.29, 0.717) is 11.8 Å². The molecule has 0 heterocycles. The minimum Gasteiger partial charge on any atom is -0.381 e. The molecule has 2 aromatic rings. The van der Waals surface area contributed by atoms with E-state index in [-0.39, 0.29) is 17.7 Å². The molecule has 0 aromatic heterocycles. The van der Waals surface area contributed by atoms with Gasteiger partial charge in [-0.3, -0.25) is 4.79 Å². The van der Waals surface area contributed by atoms with Gasteiger partial charge in [-0.1, -0.05) is 0 Å². The van der Waals surface area contributed by atoms with Crippen molar-refractivity contribution in [2.75, 3.05) is 11.9 Å². The van der Waals surface area contributed by atoms with E-state index in [1.54, 1.807) is 5.32 Å². The van der Waals surface area contributed by atoms with Crippen LogP contribution in [0.5, 0.6) is 0 Å². The van der Waals surface area contributed by atoms with Gasteiger partial charge in [0.1, 0.15) is 12.4 Å². The topological polar surface area (TPSA) is 41.1 Å². The molecule has 0 fully saturated rings. The van der Waals surface area contributed by atoms with Crippen LogP contribution < -0.4 is 10.6 Å². The summed E-state index contributed by atoms with van der Waals surface area (Å²) in [5.41, 5.74) is 0.316. The Morgan fingerprint density at radius 3 is 2.12 bits per heavy atom. The Morgan fingerprint density at radius 2 is 1.52 bits per heavy atom.